The Morgan fingerprint density at radius 2 is 1.92 bits per heavy atom. The molecule has 0 radical (unpaired) electrons. The van der Waals surface area contributed by atoms with Gasteiger partial charge in [0.2, 0.25) is 0 Å². The number of nitrogens with one attached hydrogen (secondary N) is 1. The minimum Gasteiger partial charge on any atom is -0.508 e. The van der Waals surface area contributed by atoms with Gasteiger partial charge in [-0.3, -0.25) is 9.78 Å². The summed E-state index contributed by atoms with van der Waals surface area (Å²) in [6.45, 7) is 0.0601. The number of aliphatic hydroxyl groups is 1. The molecule has 1 amide bonds. The standard InChI is InChI=1S/C18H15ClN2O3/c19-15-7-8-20-16-9-12(3-6-14(15)16)18(24)21-10-17(23)11-1-4-13(22)5-2-11/h1-9,17,22-23H,10H2,(H,21,24). The molecule has 0 spiro atoms. The molecule has 1 atom stereocenters. The van der Waals surface area contributed by atoms with Crippen LogP contribution in [0.2, 0.25) is 5.02 Å². The van der Waals surface area contributed by atoms with Gasteiger partial charge in [0, 0.05) is 23.7 Å². The van der Waals surface area contributed by atoms with Crippen molar-refractivity contribution in [1.82, 2.24) is 10.3 Å². The Balaban J connectivity index is 1.69. The Hall–Kier alpha value is -2.63. The number of halogens is 1. The summed E-state index contributed by atoms with van der Waals surface area (Å²) in [7, 11) is 0. The lowest BCUT2D eigenvalue weighted by atomic mass is 10.1. The van der Waals surface area contributed by atoms with Gasteiger partial charge in [-0.1, -0.05) is 29.8 Å². The molecule has 0 saturated carbocycles. The second-order valence-corrected chi connectivity index (χ2v) is 5.75. The summed E-state index contributed by atoms with van der Waals surface area (Å²) in [5, 5.41) is 23.4. The van der Waals surface area contributed by atoms with Gasteiger partial charge >= 0.3 is 0 Å². The summed E-state index contributed by atoms with van der Waals surface area (Å²) < 4.78 is 0. The van der Waals surface area contributed by atoms with E-state index in [1.54, 1.807) is 42.6 Å². The van der Waals surface area contributed by atoms with Crippen LogP contribution in [-0.4, -0.2) is 27.6 Å². The molecule has 2 aromatic carbocycles. The quantitative estimate of drug-likeness (QED) is 0.680. The van der Waals surface area contributed by atoms with E-state index in [9.17, 15) is 15.0 Å². The van der Waals surface area contributed by atoms with E-state index >= 15 is 0 Å². The second-order valence-electron chi connectivity index (χ2n) is 5.34. The number of rotatable bonds is 4. The largest absolute Gasteiger partial charge is 0.508 e. The number of carbonyl (C=O) groups is 1. The van der Waals surface area contributed by atoms with Crippen LogP contribution in [-0.2, 0) is 0 Å². The summed E-state index contributed by atoms with van der Waals surface area (Å²) in [4.78, 5) is 16.4. The van der Waals surface area contributed by atoms with Crippen LogP contribution in [0.5, 0.6) is 5.75 Å². The number of carbonyl (C=O) groups excluding carboxylic acids is 1. The molecule has 1 unspecified atom stereocenters. The third kappa shape index (κ3) is 3.48. The number of phenols is 1. The number of hydrogen-bond donors (Lipinski definition) is 3. The zero-order valence-corrected chi connectivity index (χ0v) is 13.4. The van der Waals surface area contributed by atoms with Crippen molar-refractivity contribution < 1.29 is 15.0 Å². The Morgan fingerprint density at radius 1 is 1.17 bits per heavy atom. The Bertz CT molecular complexity index is 881. The molecule has 3 aromatic rings. The molecule has 0 aliphatic carbocycles. The third-order valence-corrected chi connectivity index (χ3v) is 4.02. The second kappa shape index (κ2) is 6.86. The SMILES string of the molecule is O=C(NCC(O)c1ccc(O)cc1)c1ccc2c(Cl)ccnc2c1. The summed E-state index contributed by atoms with van der Waals surface area (Å²) >= 11 is 6.08. The molecular weight excluding hydrogens is 328 g/mol. The average Bonchev–Trinajstić information content (AvgIpc) is 2.60. The van der Waals surface area contributed by atoms with Gasteiger partial charge in [0.1, 0.15) is 5.75 Å². The van der Waals surface area contributed by atoms with E-state index < -0.39 is 6.10 Å². The fourth-order valence-corrected chi connectivity index (χ4v) is 2.58. The zero-order valence-electron chi connectivity index (χ0n) is 12.6. The van der Waals surface area contributed by atoms with Gasteiger partial charge in [-0.15, -0.1) is 0 Å². The van der Waals surface area contributed by atoms with Gasteiger partial charge in [0.25, 0.3) is 5.91 Å². The number of phenolic OH excluding ortho intramolecular Hbond substituents is 1. The molecule has 24 heavy (non-hydrogen) atoms. The molecule has 3 rings (SSSR count). The average molecular weight is 343 g/mol. The lowest BCUT2D eigenvalue weighted by molar-refractivity contribution is 0.0916. The number of aliphatic hydroxyl groups excluding tert-OH is 1. The number of pyridine rings is 1. The first kappa shape index (κ1) is 16.2. The lowest BCUT2D eigenvalue weighted by Crippen LogP contribution is -2.28. The molecule has 1 heterocycles. The number of amides is 1. The van der Waals surface area contributed by atoms with Crippen molar-refractivity contribution in [2.75, 3.05) is 6.54 Å². The van der Waals surface area contributed by atoms with Crippen LogP contribution in [0.3, 0.4) is 0 Å². The maximum atomic E-state index is 12.2. The highest BCUT2D eigenvalue weighted by Crippen LogP contribution is 2.22. The molecule has 3 N–H and O–H groups in total. The van der Waals surface area contributed by atoms with Crippen LogP contribution in [0.25, 0.3) is 10.9 Å². The van der Waals surface area contributed by atoms with Crippen LogP contribution in [0, 0.1) is 0 Å². The summed E-state index contributed by atoms with van der Waals surface area (Å²) in [5.74, 6) is -0.186. The fraction of sp³-hybridized carbons (Fsp3) is 0.111. The highest BCUT2D eigenvalue weighted by Gasteiger charge is 2.12. The first-order valence-corrected chi connectivity index (χ1v) is 7.72. The number of aromatic hydroxyl groups is 1. The van der Waals surface area contributed by atoms with Crippen molar-refractivity contribution in [1.29, 1.82) is 0 Å². The number of benzene rings is 2. The van der Waals surface area contributed by atoms with Gasteiger partial charge in [-0.05, 0) is 35.9 Å². The maximum absolute atomic E-state index is 12.2. The normalized spacial score (nSPS) is 12.1. The predicted molar refractivity (Wildman–Crippen MR) is 92.2 cm³/mol. The van der Waals surface area contributed by atoms with Crippen molar-refractivity contribution in [3.05, 3.63) is 70.9 Å². The Morgan fingerprint density at radius 3 is 2.67 bits per heavy atom. The molecular formula is C18H15ClN2O3. The van der Waals surface area contributed by atoms with Crippen molar-refractivity contribution >= 4 is 28.4 Å². The van der Waals surface area contributed by atoms with E-state index in [4.69, 9.17) is 11.6 Å². The van der Waals surface area contributed by atoms with Crippen LogP contribution in [0.1, 0.15) is 22.0 Å². The Labute approximate surface area is 143 Å². The number of fused-ring (bicyclic) bond motifs is 1. The van der Waals surface area contributed by atoms with Crippen LogP contribution in [0.15, 0.2) is 54.7 Å². The van der Waals surface area contributed by atoms with Gasteiger partial charge in [0.05, 0.1) is 16.6 Å². The van der Waals surface area contributed by atoms with Crippen LogP contribution < -0.4 is 5.32 Å². The minimum absolute atomic E-state index is 0.0601. The fourth-order valence-electron chi connectivity index (χ4n) is 2.36. The molecule has 0 saturated heterocycles. The van der Waals surface area contributed by atoms with Gasteiger partial charge < -0.3 is 15.5 Å². The zero-order chi connectivity index (χ0) is 17.1. The molecule has 0 aliphatic heterocycles. The van der Waals surface area contributed by atoms with Gasteiger partial charge in [-0.25, -0.2) is 0 Å². The first-order chi connectivity index (χ1) is 11.5. The number of hydrogen-bond acceptors (Lipinski definition) is 4. The molecule has 0 aliphatic rings. The van der Waals surface area contributed by atoms with Crippen LogP contribution in [0.4, 0.5) is 0 Å². The number of aromatic nitrogens is 1. The van der Waals surface area contributed by atoms with E-state index in [0.717, 1.165) is 5.39 Å². The smallest absolute Gasteiger partial charge is 0.251 e. The maximum Gasteiger partial charge on any atom is 0.251 e. The summed E-state index contributed by atoms with van der Waals surface area (Å²) in [5.41, 5.74) is 1.68. The molecule has 1 aromatic heterocycles. The first-order valence-electron chi connectivity index (χ1n) is 7.34. The molecule has 0 bridgehead atoms. The van der Waals surface area contributed by atoms with E-state index in [1.807, 2.05) is 0 Å². The lowest BCUT2D eigenvalue weighted by Gasteiger charge is -2.12. The van der Waals surface area contributed by atoms with E-state index in [-0.39, 0.29) is 18.2 Å². The highest BCUT2D eigenvalue weighted by molar-refractivity contribution is 6.35. The predicted octanol–water partition coefficient (Wildman–Crippen LogP) is 3.06. The van der Waals surface area contributed by atoms with Crippen molar-refractivity contribution in [3.63, 3.8) is 0 Å². The third-order valence-electron chi connectivity index (χ3n) is 3.69. The molecule has 122 valence electrons. The minimum atomic E-state index is -0.859. The summed E-state index contributed by atoms with van der Waals surface area (Å²) in [6, 6.07) is 12.9. The highest BCUT2D eigenvalue weighted by atomic mass is 35.5. The van der Waals surface area contributed by atoms with Crippen molar-refractivity contribution in [2.45, 2.75) is 6.10 Å². The van der Waals surface area contributed by atoms with E-state index in [1.165, 1.54) is 12.1 Å². The summed E-state index contributed by atoms with van der Waals surface area (Å²) in [6.07, 6.45) is 0.726. The van der Waals surface area contributed by atoms with Crippen molar-refractivity contribution in [3.8, 4) is 5.75 Å². The topological polar surface area (TPSA) is 82.5 Å². The van der Waals surface area contributed by atoms with Gasteiger partial charge in [0.15, 0.2) is 0 Å². The number of nitrogens with zero attached hydrogens (tertiary/aromatic N) is 1. The molecule has 0 fully saturated rings. The van der Waals surface area contributed by atoms with E-state index in [2.05, 4.69) is 10.3 Å². The van der Waals surface area contributed by atoms with Crippen molar-refractivity contribution in [2.24, 2.45) is 0 Å². The monoisotopic (exact) mass is 342 g/mol. The molecule has 6 heteroatoms. The molecule has 5 nitrogen and oxygen atoms in total. The van der Waals surface area contributed by atoms with Gasteiger partial charge in [-0.2, -0.15) is 0 Å². The van der Waals surface area contributed by atoms with Crippen LogP contribution >= 0.6 is 11.6 Å². The van der Waals surface area contributed by atoms with E-state index in [0.29, 0.717) is 21.7 Å². The Kier molecular flexibility index (Phi) is 4.64.